The molecule has 0 radical (unpaired) electrons. The molecular weight excluding hydrogens is 532 g/mol. The van der Waals surface area contributed by atoms with E-state index in [0.717, 1.165) is 64.1 Å². The quantitative estimate of drug-likeness (QED) is 0.464. The van der Waals surface area contributed by atoms with E-state index in [0.29, 0.717) is 61.4 Å². The first-order valence-electron chi connectivity index (χ1n) is 14.1. The van der Waals surface area contributed by atoms with Gasteiger partial charge in [-0.15, -0.1) is 11.3 Å². The SMILES string of the molecule is CN(c1nc(OCC2(CN3CCOCC3)CC2)nc(N2CC3(CCc4sc(N)c(C#N)c43)C2)n1)C1COCC1O. The minimum absolute atomic E-state index is 0.0973. The number of hydrogen-bond donors (Lipinski definition) is 2. The van der Waals surface area contributed by atoms with Crippen molar-refractivity contribution in [3.63, 3.8) is 0 Å². The summed E-state index contributed by atoms with van der Waals surface area (Å²) in [5.41, 5.74) is 7.97. The standard InChI is InChI=1S/C27H36N8O4S/c1-33(18-11-38-12-19(18)36)23-30-24(35-14-27(15-35)3-2-20-21(27)17(10-28)22(29)40-20)32-25(31-23)39-16-26(4-5-26)13-34-6-8-37-9-7-34/h18-19,36H,2-9,11-16,29H2,1H3. The van der Waals surface area contributed by atoms with Crippen molar-refractivity contribution in [1.29, 1.82) is 5.26 Å². The first kappa shape index (κ1) is 26.2. The van der Waals surface area contributed by atoms with Crippen LogP contribution in [0.1, 0.15) is 35.3 Å². The number of nitriles is 1. The molecule has 4 fully saturated rings. The van der Waals surface area contributed by atoms with E-state index in [-0.39, 0.29) is 16.9 Å². The number of rotatable bonds is 8. The fourth-order valence-electron chi connectivity index (χ4n) is 6.69. The lowest BCUT2D eigenvalue weighted by Crippen LogP contribution is -2.59. The number of thiophene rings is 1. The van der Waals surface area contributed by atoms with E-state index in [2.05, 4.69) is 20.9 Å². The predicted molar refractivity (Wildman–Crippen MR) is 149 cm³/mol. The zero-order valence-electron chi connectivity index (χ0n) is 22.8. The van der Waals surface area contributed by atoms with Crippen LogP contribution in [0.4, 0.5) is 16.9 Å². The number of aryl methyl sites for hydroxylation is 1. The minimum Gasteiger partial charge on any atom is -0.463 e. The van der Waals surface area contributed by atoms with E-state index in [1.165, 1.54) is 4.88 Å². The van der Waals surface area contributed by atoms with Crippen molar-refractivity contribution in [3.8, 4) is 12.1 Å². The van der Waals surface area contributed by atoms with Gasteiger partial charge >= 0.3 is 6.01 Å². The second kappa shape index (κ2) is 9.95. The Morgan fingerprint density at radius 2 is 1.98 bits per heavy atom. The number of anilines is 3. The van der Waals surface area contributed by atoms with Gasteiger partial charge in [-0.3, -0.25) is 4.90 Å². The van der Waals surface area contributed by atoms with Crippen molar-refractivity contribution >= 4 is 28.2 Å². The predicted octanol–water partition coefficient (Wildman–Crippen LogP) is 0.778. The van der Waals surface area contributed by atoms with Crippen LogP contribution in [0.5, 0.6) is 6.01 Å². The van der Waals surface area contributed by atoms with Crippen LogP contribution in [0, 0.1) is 16.7 Å². The second-order valence-electron chi connectivity index (χ2n) is 12.1. The first-order chi connectivity index (χ1) is 19.4. The smallest absolute Gasteiger partial charge is 0.323 e. The van der Waals surface area contributed by atoms with Crippen LogP contribution >= 0.6 is 11.3 Å². The minimum atomic E-state index is -0.615. The van der Waals surface area contributed by atoms with Crippen LogP contribution in [0.15, 0.2) is 0 Å². The van der Waals surface area contributed by atoms with Gasteiger partial charge < -0.3 is 34.9 Å². The summed E-state index contributed by atoms with van der Waals surface area (Å²) in [4.78, 5) is 22.0. The molecule has 0 bridgehead atoms. The highest BCUT2D eigenvalue weighted by Gasteiger charge is 2.52. The summed E-state index contributed by atoms with van der Waals surface area (Å²) in [6.07, 6.45) is 3.58. The Kier molecular flexibility index (Phi) is 6.51. The third-order valence-corrected chi connectivity index (χ3v) is 10.4. The lowest BCUT2D eigenvalue weighted by Gasteiger charge is -2.48. The zero-order valence-corrected chi connectivity index (χ0v) is 23.7. The molecule has 1 spiro atoms. The lowest BCUT2D eigenvalue weighted by molar-refractivity contribution is 0.0231. The van der Waals surface area contributed by atoms with Crippen molar-refractivity contribution in [3.05, 3.63) is 16.0 Å². The topological polar surface area (TPSA) is 146 Å². The Morgan fingerprint density at radius 3 is 2.67 bits per heavy atom. The number of nitrogens with zero attached hydrogens (tertiary/aromatic N) is 7. The number of nitrogen functional groups attached to an aromatic ring is 1. The average Bonchev–Trinajstić information content (AvgIpc) is 3.23. The number of aliphatic hydroxyl groups excluding tert-OH is 1. The molecule has 12 nitrogen and oxygen atoms in total. The Bertz CT molecular complexity index is 1310. The summed E-state index contributed by atoms with van der Waals surface area (Å²) in [6.45, 7) is 7.17. The highest BCUT2D eigenvalue weighted by atomic mass is 32.1. The van der Waals surface area contributed by atoms with Crippen molar-refractivity contribution in [2.45, 2.75) is 43.2 Å². The maximum absolute atomic E-state index is 10.5. The van der Waals surface area contributed by atoms with Crippen LogP contribution in [0.3, 0.4) is 0 Å². The number of aliphatic hydroxyl groups is 1. The van der Waals surface area contributed by atoms with Crippen LogP contribution in [-0.4, -0.2) is 110 Å². The number of hydrogen-bond acceptors (Lipinski definition) is 13. The van der Waals surface area contributed by atoms with Gasteiger partial charge in [0, 0.05) is 55.5 Å². The second-order valence-corrected chi connectivity index (χ2v) is 13.2. The summed E-state index contributed by atoms with van der Waals surface area (Å²) in [7, 11) is 1.88. The molecule has 2 atom stereocenters. The summed E-state index contributed by atoms with van der Waals surface area (Å²) in [5.74, 6) is 1.01. The summed E-state index contributed by atoms with van der Waals surface area (Å²) >= 11 is 1.55. The monoisotopic (exact) mass is 568 g/mol. The van der Waals surface area contributed by atoms with Crippen molar-refractivity contribution in [2.24, 2.45) is 5.41 Å². The van der Waals surface area contributed by atoms with E-state index >= 15 is 0 Å². The van der Waals surface area contributed by atoms with E-state index in [1.807, 2.05) is 11.9 Å². The van der Waals surface area contributed by atoms with E-state index in [4.69, 9.17) is 29.9 Å². The number of aromatic nitrogens is 3. The Morgan fingerprint density at radius 1 is 1.18 bits per heavy atom. The first-order valence-corrected chi connectivity index (χ1v) is 14.9. The zero-order chi connectivity index (χ0) is 27.5. The molecule has 3 saturated heterocycles. The number of morpholine rings is 1. The molecule has 40 heavy (non-hydrogen) atoms. The molecule has 2 aromatic heterocycles. The van der Waals surface area contributed by atoms with Crippen molar-refractivity contribution < 1.29 is 19.3 Å². The van der Waals surface area contributed by atoms with Gasteiger partial charge in [0.2, 0.25) is 11.9 Å². The van der Waals surface area contributed by atoms with Gasteiger partial charge in [0.05, 0.1) is 50.7 Å². The van der Waals surface area contributed by atoms with E-state index in [9.17, 15) is 10.4 Å². The molecule has 1 saturated carbocycles. The molecule has 13 heteroatoms. The molecule has 5 aliphatic rings. The van der Waals surface area contributed by atoms with Crippen molar-refractivity contribution in [2.75, 3.05) is 88.3 Å². The molecule has 2 aliphatic carbocycles. The van der Waals surface area contributed by atoms with E-state index in [1.54, 1.807) is 11.3 Å². The van der Waals surface area contributed by atoms with Crippen LogP contribution < -0.4 is 20.3 Å². The van der Waals surface area contributed by atoms with Gasteiger partial charge in [0.15, 0.2) is 0 Å². The maximum atomic E-state index is 10.5. The Balaban J connectivity index is 1.12. The van der Waals surface area contributed by atoms with Gasteiger partial charge in [-0.1, -0.05) is 0 Å². The van der Waals surface area contributed by atoms with Crippen LogP contribution in [-0.2, 0) is 21.3 Å². The molecular formula is C27H36N8O4S. The average molecular weight is 569 g/mol. The Labute approximate surface area is 237 Å². The molecule has 5 heterocycles. The maximum Gasteiger partial charge on any atom is 0.323 e. The fourth-order valence-corrected chi connectivity index (χ4v) is 7.83. The highest BCUT2D eigenvalue weighted by molar-refractivity contribution is 7.16. The van der Waals surface area contributed by atoms with Gasteiger partial charge in [-0.2, -0.15) is 20.2 Å². The summed E-state index contributed by atoms with van der Waals surface area (Å²) < 4.78 is 17.3. The third-order valence-electron chi connectivity index (χ3n) is 9.30. The number of nitrogens with two attached hydrogens (primary N) is 1. The molecule has 7 rings (SSSR count). The fraction of sp³-hybridized carbons (Fsp3) is 0.704. The molecule has 3 N–H and O–H groups in total. The largest absolute Gasteiger partial charge is 0.463 e. The number of fused-ring (bicyclic) bond motifs is 2. The van der Waals surface area contributed by atoms with E-state index < -0.39 is 6.10 Å². The van der Waals surface area contributed by atoms with Crippen LogP contribution in [0.2, 0.25) is 0 Å². The van der Waals surface area contributed by atoms with Gasteiger partial charge in [-0.25, -0.2) is 0 Å². The van der Waals surface area contributed by atoms with Gasteiger partial charge in [-0.05, 0) is 31.2 Å². The summed E-state index contributed by atoms with van der Waals surface area (Å²) in [6, 6.07) is 2.40. The molecule has 0 aromatic carbocycles. The van der Waals surface area contributed by atoms with Crippen LogP contribution in [0.25, 0.3) is 0 Å². The molecule has 3 aliphatic heterocycles. The van der Waals surface area contributed by atoms with Gasteiger partial charge in [0.1, 0.15) is 11.1 Å². The molecule has 2 unspecified atom stereocenters. The number of likely N-dealkylation sites (N-methyl/N-ethyl adjacent to an activating group) is 1. The molecule has 2 aromatic rings. The highest BCUT2D eigenvalue weighted by Crippen LogP contribution is 2.52. The third kappa shape index (κ3) is 4.55. The normalized spacial score (nSPS) is 26.4. The molecule has 214 valence electrons. The molecule has 0 amide bonds. The number of ether oxygens (including phenoxy) is 3. The Hall–Kier alpha value is -2.76. The van der Waals surface area contributed by atoms with Crippen molar-refractivity contribution in [1.82, 2.24) is 19.9 Å². The van der Waals surface area contributed by atoms with Gasteiger partial charge in [0.25, 0.3) is 0 Å². The lowest BCUT2D eigenvalue weighted by atomic mass is 9.74. The summed E-state index contributed by atoms with van der Waals surface area (Å²) in [5, 5.41) is 20.8.